The van der Waals surface area contributed by atoms with E-state index in [1.807, 2.05) is 17.9 Å². The zero-order valence-electron chi connectivity index (χ0n) is 11.9. The number of rotatable bonds is 5. The lowest BCUT2D eigenvalue weighted by Crippen LogP contribution is -2.41. The molecule has 18 heavy (non-hydrogen) atoms. The van der Waals surface area contributed by atoms with Gasteiger partial charge in [0, 0.05) is 32.3 Å². The predicted molar refractivity (Wildman–Crippen MR) is 74.6 cm³/mol. The van der Waals surface area contributed by atoms with Gasteiger partial charge in [-0.15, -0.1) is 0 Å². The monoisotopic (exact) mass is 250 g/mol. The van der Waals surface area contributed by atoms with Gasteiger partial charge >= 0.3 is 0 Å². The van der Waals surface area contributed by atoms with Gasteiger partial charge in [-0.05, 0) is 51.9 Å². The summed E-state index contributed by atoms with van der Waals surface area (Å²) in [5, 5.41) is 8.06. The Kier molecular flexibility index (Phi) is 4.78. The zero-order valence-corrected chi connectivity index (χ0v) is 11.9. The Bertz CT molecular complexity index is 352. The summed E-state index contributed by atoms with van der Waals surface area (Å²) in [6.07, 6.45) is 5.69. The predicted octanol–water partition coefficient (Wildman–Crippen LogP) is 1.28. The lowest BCUT2D eigenvalue weighted by atomic mass is 9.90. The maximum atomic E-state index is 4.40. The average molecular weight is 250 g/mol. The first kappa shape index (κ1) is 13.6. The van der Waals surface area contributed by atoms with Gasteiger partial charge in [0.15, 0.2) is 0 Å². The van der Waals surface area contributed by atoms with Crippen LogP contribution in [0.1, 0.15) is 25.5 Å². The van der Waals surface area contributed by atoms with Crippen molar-refractivity contribution in [1.82, 2.24) is 20.0 Å². The van der Waals surface area contributed by atoms with Crippen LogP contribution in [0.15, 0.2) is 12.3 Å². The van der Waals surface area contributed by atoms with E-state index < -0.39 is 0 Å². The highest BCUT2D eigenvalue weighted by molar-refractivity contribution is 4.99. The van der Waals surface area contributed by atoms with Crippen molar-refractivity contribution in [1.29, 1.82) is 0 Å². The van der Waals surface area contributed by atoms with Crippen molar-refractivity contribution in [3.63, 3.8) is 0 Å². The summed E-state index contributed by atoms with van der Waals surface area (Å²) in [4.78, 5) is 2.43. The smallest absolute Gasteiger partial charge is 0.0637 e. The standard InChI is InChI=1S/C14H26N4/c1-12(13-5-9-17(2)10-6-13)15-8-4-14-7-11-18(3)16-14/h7,11-13,15H,4-6,8-10H2,1-3H3. The molecule has 1 unspecified atom stereocenters. The molecule has 1 N–H and O–H groups in total. The van der Waals surface area contributed by atoms with E-state index in [1.165, 1.54) is 31.6 Å². The number of hydrogen-bond donors (Lipinski definition) is 1. The van der Waals surface area contributed by atoms with Gasteiger partial charge in [0.05, 0.1) is 5.69 Å². The van der Waals surface area contributed by atoms with Crippen molar-refractivity contribution < 1.29 is 0 Å². The minimum absolute atomic E-state index is 0.627. The second-order valence-corrected chi connectivity index (χ2v) is 5.61. The molecule has 2 rings (SSSR count). The second-order valence-electron chi connectivity index (χ2n) is 5.61. The van der Waals surface area contributed by atoms with Crippen molar-refractivity contribution in [2.75, 3.05) is 26.7 Å². The largest absolute Gasteiger partial charge is 0.314 e. The topological polar surface area (TPSA) is 33.1 Å². The molecular weight excluding hydrogens is 224 g/mol. The van der Waals surface area contributed by atoms with Crippen molar-refractivity contribution in [2.45, 2.75) is 32.2 Å². The molecule has 1 aromatic heterocycles. The summed E-state index contributed by atoms with van der Waals surface area (Å²) in [6, 6.07) is 2.73. The zero-order chi connectivity index (χ0) is 13.0. The van der Waals surface area contributed by atoms with E-state index in [1.54, 1.807) is 0 Å². The van der Waals surface area contributed by atoms with Gasteiger partial charge in [-0.1, -0.05) is 0 Å². The second kappa shape index (κ2) is 6.34. The fourth-order valence-corrected chi connectivity index (χ4v) is 2.72. The molecule has 2 heterocycles. The number of piperidine rings is 1. The highest BCUT2D eigenvalue weighted by Crippen LogP contribution is 2.19. The maximum Gasteiger partial charge on any atom is 0.0637 e. The Balaban J connectivity index is 1.67. The van der Waals surface area contributed by atoms with E-state index in [2.05, 4.69) is 35.4 Å². The molecule has 1 saturated heterocycles. The van der Waals surface area contributed by atoms with Crippen LogP contribution < -0.4 is 5.32 Å². The molecule has 4 nitrogen and oxygen atoms in total. The van der Waals surface area contributed by atoms with Gasteiger partial charge in [0.25, 0.3) is 0 Å². The molecule has 1 atom stereocenters. The van der Waals surface area contributed by atoms with Gasteiger partial charge in [-0.3, -0.25) is 4.68 Å². The first-order chi connectivity index (χ1) is 8.65. The fraction of sp³-hybridized carbons (Fsp3) is 0.786. The molecule has 0 spiro atoms. The highest BCUT2D eigenvalue weighted by Gasteiger charge is 2.21. The molecule has 1 aliphatic heterocycles. The van der Waals surface area contributed by atoms with Crippen molar-refractivity contribution >= 4 is 0 Å². The normalized spacial score (nSPS) is 20.2. The Hall–Kier alpha value is -0.870. The summed E-state index contributed by atoms with van der Waals surface area (Å²) in [5.41, 5.74) is 1.18. The molecule has 0 amide bonds. The van der Waals surface area contributed by atoms with E-state index in [-0.39, 0.29) is 0 Å². The van der Waals surface area contributed by atoms with E-state index in [0.29, 0.717) is 6.04 Å². The molecular formula is C14H26N4. The van der Waals surface area contributed by atoms with Gasteiger partial charge in [-0.2, -0.15) is 5.10 Å². The SMILES string of the molecule is CC(NCCc1ccn(C)n1)C1CCN(C)CC1. The minimum atomic E-state index is 0.627. The Morgan fingerprint density at radius 2 is 2.11 bits per heavy atom. The molecule has 4 heteroatoms. The Morgan fingerprint density at radius 1 is 1.39 bits per heavy atom. The average Bonchev–Trinajstić information content (AvgIpc) is 2.76. The number of aromatic nitrogens is 2. The van der Waals surface area contributed by atoms with E-state index in [4.69, 9.17) is 0 Å². The van der Waals surface area contributed by atoms with Crippen molar-refractivity contribution in [3.05, 3.63) is 18.0 Å². The van der Waals surface area contributed by atoms with E-state index >= 15 is 0 Å². The van der Waals surface area contributed by atoms with E-state index in [0.717, 1.165) is 18.9 Å². The van der Waals surface area contributed by atoms with Crippen LogP contribution in [0, 0.1) is 5.92 Å². The van der Waals surface area contributed by atoms with Crippen LogP contribution in [-0.4, -0.2) is 47.4 Å². The summed E-state index contributed by atoms with van der Waals surface area (Å²) < 4.78 is 1.87. The van der Waals surface area contributed by atoms with Gasteiger partial charge in [0.2, 0.25) is 0 Å². The summed E-state index contributed by atoms with van der Waals surface area (Å²) >= 11 is 0. The van der Waals surface area contributed by atoms with Crippen LogP contribution in [0.2, 0.25) is 0 Å². The Morgan fingerprint density at radius 3 is 2.72 bits per heavy atom. The molecule has 0 aromatic carbocycles. The fourth-order valence-electron chi connectivity index (χ4n) is 2.72. The number of hydrogen-bond acceptors (Lipinski definition) is 3. The molecule has 0 aliphatic carbocycles. The summed E-state index contributed by atoms with van der Waals surface area (Å²) in [5.74, 6) is 0.838. The number of likely N-dealkylation sites (tertiary alicyclic amines) is 1. The van der Waals surface area contributed by atoms with Crippen LogP contribution >= 0.6 is 0 Å². The van der Waals surface area contributed by atoms with Crippen LogP contribution in [0.25, 0.3) is 0 Å². The van der Waals surface area contributed by atoms with Crippen LogP contribution in [0.4, 0.5) is 0 Å². The minimum Gasteiger partial charge on any atom is -0.314 e. The molecule has 1 aromatic rings. The summed E-state index contributed by atoms with van der Waals surface area (Å²) in [6.45, 7) is 5.85. The Labute approximate surface area is 110 Å². The van der Waals surface area contributed by atoms with Crippen LogP contribution in [0.3, 0.4) is 0 Å². The lowest BCUT2D eigenvalue weighted by Gasteiger charge is -2.33. The number of aryl methyl sites for hydroxylation is 1. The maximum absolute atomic E-state index is 4.40. The molecule has 0 saturated carbocycles. The van der Waals surface area contributed by atoms with Crippen molar-refractivity contribution in [3.8, 4) is 0 Å². The third-order valence-corrected chi connectivity index (χ3v) is 4.09. The molecule has 1 fully saturated rings. The molecule has 1 aliphatic rings. The molecule has 0 radical (unpaired) electrons. The molecule has 102 valence electrons. The third kappa shape index (κ3) is 3.82. The number of nitrogens with zero attached hydrogens (tertiary/aromatic N) is 3. The number of nitrogens with one attached hydrogen (secondary N) is 1. The lowest BCUT2D eigenvalue weighted by molar-refractivity contribution is 0.190. The van der Waals surface area contributed by atoms with E-state index in [9.17, 15) is 0 Å². The van der Waals surface area contributed by atoms with Gasteiger partial charge in [0.1, 0.15) is 0 Å². The molecule has 0 bridgehead atoms. The first-order valence-electron chi connectivity index (χ1n) is 7.05. The van der Waals surface area contributed by atoms with Gasteiger partial charge < -0.3 is 10.2 Å². The van der Waals surface area contributed by atoms with Crippen LogP contribution in [0.5, 0.6) is 0 Å². The summed E-state index contributed by atoms with van der Waals surface area (Å²) in [7, 11) is 4.19. The van der Waals surface area contributed by atoms with Crippen LogP contribution in [-0.2, 0) is 13.5 Å². The first-order valence-corrected chi connectivity index (χ1v) is 7.05. The van der Waals surface area contributed by atoms with Crippen molar-refractivity contribution in [2.24, 2.45) is 13.0 Å². The van der Waals surface area contributed by atoms with Gasteiger partial charge in [-0.25, -0.2) is 0 Å². The highest BCUT2D eigenvalue weighted by atomic mass is 15.2. The third-order valence-electron chi connectivity index (χ3n) is 4.09. The quantitative estimate of drug-likeness (QED) is 0.854.